The summed E-state index contributed by atoms with van der Waals surface area (Å²) in [5.74, 6) is 0.472. The van der Waals surface area contributed by atoms with Crippen LogP contribution in [0.25, 0.3) is 10.9 Å². The standard InChI is InChI=1S/C16H18N2O2/c1-2-3-8-19-9-10-20-16-11-13(12-17)14-6-4-5-7-15(14)18-16/h4-7,11H,2-3,8-10H2,1H3. The molecule has 0 saturated carbocycles. The first-order valence-electron chi connectivity index (χ1n) is 6.85. The zero-order chi connectivity index (χ0) is 14.2. The quantitative estimate of drug-likeness (QED) is 0.724. The zero-order valence-corrected chi connectivity index (χ0v) is 11.6. The predicted octanol–water partition coefficient (Wildman–Crippen LogP) is 3.30. The van der Waals surface area contributed by atoms with E-state index in [2.05, 4.69) is 18.0 Å². The normalized spacial score (nSPS) is 10.4. The van der Waals surface area contributed by atoms with Crippen LogP contribution in [0.2, 0.25) is 0 Å². The zero-order valence-electron chi connectivity index (χ0n) is 11.6. The van der Waals surface area contributed by atoms with E-state index in [1.807, 2.05) is 24.3 Å². The number of unbranched alkanes of at least 4 members (excludes halogenated alkanes) is 1. The third-order valence-electron chi connectivity index (χ3n) is 2.93. The average Bonchev–Trinajstić information content (AvgIpc) is 2.50. The molecule has 0 aliphatic rings. The second kappa shape index (κ2) is 7.46. The van der Waals surface area contributed by atoms with Crippen molar-refractivity contribution in [2.45, 2.75) is 19.8 Å². The van der Waals surface area contributed by atoms with Gasteiger partial charge in [-0.05, 0) is 12.5 Å². The van der Waals surface area contributed by atoms with E-state index in [9.17, 15) is 5.26 Å². The predicted molar refractivity (Wildman–Crippen MR) is 77.7 cm³/mol. The summed E-state index contributed by atoms with van der Waals surface area (Å²) in [4.78, 5) is 4.39. The van der Waals surface area contributed by atoms with Crippen molar-refractivity contribution >= 4 is 10.9 Å². The maximum absolute atomic E-state index is 9.17. The van der Waals surface area contributed by atoms with Gasteiger partial charge in [0.1, 0.15) is 12.7 Å². The number of fused-ring (bicyclic) bond motifs is 1. The Hall–Kier alpha value is -2.12. The number of nitrogens with zero attached hydrogens (tertiary/aromatic N) is 2. The van der Waals surface area contributed by atoms with E-state index in [0.29, 0.717) is 24.7 Å². The second-order valence-corrected chi connectivity index (χ2v) is 4.45. The minimum absolute atomic E-state index is 0.444. The van der Waals surface area contributed by atoms with Crippen LogP contribution < -0.4 is 4.74 Å². The number of ether oxygens (including phenoxy) is 2. The fourth-order valence-corrected chi connectivity index (χ4v) is 1.87. The van der Waals surface area contributed by atoms with Gasteiger partial charge in [0, 0.05) is 18.1 Å². The Kier molecular flexibility index (Phi) is 5.33. The number of rotatable bonds is 7. The fraction of sp³-hybridized carbons (Fsp3) is 0.375. The molecule has 1 heterocycles. The van der Waals surface area contributed by atoms with Crippen LogP contribution in [0.3, 0.4) is 0 Å². The summed E-state index contributed by atoms with van der Waals surface area (Å²) < 4.78 is 11.0. The summed E-state index contributed by atoms with van der Waals surface area (Å²) in [6.45, 7) is 3.87. The highest BCUT2D eigenvalue weighted by atomic mass is 16.5. The van der Waals surface area contributed by atoms with Crippen molar-refractivity contribution in [1.82, 2.24) is 4.98 Å². The molecule has 0 N–H and O–H groups in total. The van der Waals surface area contributed by atoms with E-state index in [1.165, 1.54) is 0 Å². The van der Waals surface area contributed by atoms with Crippen molar-refractivity contribution in [3.63, 3.8) is 0 Å². The maximum Gasteiger partial charge on any atom is 0.215 e. The molecule has 2 rings (SSSR count). The summed E-state index contributed by atoms with van der Waals surface area (Å²) >= 11 is 0. The lowest BCUT2D eigenvalue weighted by atomic mass is 10.1. The molecule has 1 aromatic heterocycles. The van der Waals surface area contributed by atoms with E-state index in [4.69, 9.17) is 9.47 Å². The van der Waals surface area contributed by atoms with Gasteiger partial charge in [0.15, 0.2) is 0 Å². The third-order valence-corrected chi connectivity index (χ3v) is 2.93. The Morgan fingerprint density at radius 2 is 2.05 bits per heavy atom. The van der Waals surface area contributed by atoms with Crippen LogP contribution in [-0.2, 0) is 4.74 Å². The number of pyridine rings is 1. The molecular formula is C16H18N2O2. The van der Waals surface area contributed by atoms with Gasteiger partial charge in [-0.2, -0.15) is 5.26 Å². The van der Waals surface area contributed by atoms with Crippen LogP contribution in [0.5, 0.6) is 5.88 Å². The Morgan fingerprint density at radius 1 is 1.20 bits per heavy atom. The van der Waals surface area contributed by atoms with Gasteiger partial charge in [0.25, 0.3) is 0 Å². The van der Waals surface area contributed by atoms with E-state index in [1.54, 1.807) is 6.07 Å². The molecule has 1 aromatic carbocycles. The lowest BCUT2D eigenvalue weighted by molar-refractivity contribution is 0.0966. The third kappa shape index (κ3) is 3.69. The van der Waals surface area contributed by atoms with Gasteiger partial charge in [0.05, 0.1) is 17.7 Å². The van der Waals surface area contributed by atoms with Gasteiger partial charge in [0.2, 0.25) is 5.88 Å². The summed E-state index contributed by atoms with van der Waals surface area (Å²) in [7, 11) is 0. The minimum atomic E-state index is 0.444. The average molecular weight is 270 g/mol. The van der Waals surface area contributed by atoms with Crippen molar-refractivity contribution in [3.05, 3.63) is 35.9 Å². The van der Waals surface area contributed by atoms with Crippen molar-refractivity contribution in [3.8, 4) is 11.9 Å². The molecule has 0 saturated heterocycles. The Morgan fingerprint density at radius 3 is 2.85 bits per heavy atom. The van der Waals surface area contributed by atoms with Crippen LogP contribution >= 0.6 is 0 Å². The first-order valence-corrected chi connectivity index (χ1v) is 6.85. The number of hydrogen-bond acceptors (Lipinski definition) is 4. The first-order chi connectivity index (χ1) is 9.85. The first kappa shape index (κ1) is 14.3. The van der Waals surface area contributed by atoms with E-state index >= 15 is 0 Å². The Bertz CT molecular complexity index is 605. The molecule has 0 bridgehead atoms. The molecule has 0 atom stereocenters. The molecule has 0 radical (unpaired) electrons. The molecule has 2 aromatic rings. The number of nitriles is 1. The summed E-state index contributed by atoms with van der Waals surface area (Å²) in [5, 5.41) is 10.0. The minimum Gasteiger partial charge on any atom is -0.475 e. The topological polar surface area (TPSA) is 55.1 Å². The van der Waals surface area contributed by atoms with Gasteiger partial charge in [-0.25, -0.2) is 4.98 Å². The van der Waals surface area contributed by atoms with Gasteiger partial charge < -0.3 is 9.47 Å². The molecule has 0 aliphatic heterocycles. The van der Waals surface area contributed by atoms with Gasteiger partial charge in [-0.3, -0.25) is 0 Å². The van der Waals surface area contributed by atoms with Crippen molar-refractivity contribution in [1.29, 1.82) is 5.26 Å². The molecule has 0 spiro atoms. The smallest absolute Gasteiger partial charge is 0.215 e. The van der Waals surface area contributed by atoms with Crippen molar-refractivity contribution < 1.29 is 9.47 Å². The lowest BCUT2D eigenvalue weighted by Gasteiger charge is -2.08. The van der Waals surface area contributed by atoms with Crippen LogP contribution in [-0.4, -0.2) is 24.8 Å². The highest BCUT2D eigenvalue weighted by molar-refractivity contribution is 5.85. The SMILES string of the molecule is CCCCOCCOc1cc(C#N)c2ccccc2n1. The van der Waals surface area contributed by atoms with Crippen LogP contribution in [0.1, 0.15) is 25.3 Å². The van der Waals surface area contributed by atoms with Crippen molar-refractivity contribution in [2.24, 2.45) is 0 Å². The number of aromatic nitrogens is 1. The summed E-state index contributed by atoms with van der Waals surface area (Å²) in [6.07, 6.45) is 2.19. The molecule has 0 aliphatic carbocycles. The van der Waals surface area contributed by atoms with Gasteiger partial charge in [-0.15, -0.1) is 0 Å². The fourth-order valence-electron chi connectivity index (χ4n) is 1.87. The molecule has 0 unspecified atom stereocenters. The number of para-hydroxylation sites is 1. The molecule has 20 heavy (non-hydrogen) atoms. The molecule has 4 nitrogen and oxygen atoms in total. The maximum atomic E-state index is 9.17. The monoisotopic (exact) mass is 270 g/mol. The Labute approximate surface area is 119 Å². The highest BCUT2D eigenvalue weighted by Crippen LogP contribution is 2.21. The molecule has 0 amide bonds. The summed E-state index contributed by atoms with van der Waals surface area (Å²) in [5.41, 5.74) is 1.35. The highest BCUT2D eigenvalue weighted by Gasteiger charge is 2.05. The number of hydrogen-bond donors (Lipinski definition) is 0. The van der Waals surface area contributed by atoms with E-state index in [-0.39, 0.29) is 0 Å². The van der Waals surface area contributed by atoms with Crippen LogP contribution in [0, 0.1) is 11.3 Å². The second-order valence-electron chi connectivity index (χ2n) is 4.45. The largest absolute Gasteiger partial charge is 0.475 e. The molecular weight excluding hydrogens is 252 g/mol. The van der Waals surface area contributed by atoms with E-state index < -0.39 is 0 Å². The van der Waals surface area contributed by atoms with Crippen LogP contribution in [0.4, 0.5) is 0 Å². The van der Waals surface area contributed by atoms with Crippen LogP contribution in [0.15, 0.2) is 30.3 Å². The molecule has 104 valence electrons. The van der Waals surface area contributed by atoms with E-state index in [0.717, 1.165) is 30.4 Å². The van der Waals surface area contributed by atoms with Crippen molar-refractivity contribution in [2.75, 3.05) is 19.8 Å². The molecule has 4 heteroatoms. The lowest BCUT2D eigenvalue weighted by Crippen LogP contribution is -2.08. The summed E-state index contributed by atoms with van der Waals surface area (Å²) in [6, 6.07) is 11.4. The van der Waals surface area contributed by atoms with Gasteiger partial charge in [-0.1, -0.05) is 31.5 Å². The molecule has 0 fully saturated rings. The Balaban J connectivity index is 1.99. The van der Waals surface area contributed by atoms with Gasteiger partial charge >= 0.3 is 0 Å². The number of benzene rings is 1.